The van der Waals surface area contributed by atoms with E-state index in [-0.39, 0.29) is 31.4 Å². The fourth-order valence-corrected chi connectivity index (χ4v) is 1.71. The van der Waals surface area contributed by atoms with Gasteiger partial charge in [-0.1, -0.05) is 0 Å². The third-order valence-corrected chi connectivity index (χ3v) is 4.84. The predicted molar refractivity (Wildman–Crippen MR) is 58.5 cm³/mol. The maximum absolute atomic E-state index is 11.5. The van der Waals surface area contributed by atoms with Crippen LogP contribution in [0.25, 0.3) is 0 Å². The average Bonchev–Trinajstić information content (AvgIpc) is 2.09. The summed E-state index contributed by atoms with van der Waals surface area (Å²) < 4.78 is 21.9. The Labute approximate surface area is 94.9 Å². The van der Waals surface area contributed by atoms with Crippen molar-refractivity contribution in [3.8, 4) is 0 Å². The molecular formula is C9H16N2O4S. The third-order valence-electron chi connectivity index (χ3n) is 2.70. The summed E-state index contributed by atoms with van der Waals surface area (Å²) in [5.74, 6) is -0.514. The molecule has 0 atom stereocenters. The van der Waals surface area contributed by atoms with E-state index in [1.165, 1.54) is 4.90 Å². The molecule has 0 saturated carbocycles. The van der Waals surface area contributed by atoms with E-state index in [1.54, 1.807) is 13.8 Å². The fraction of sp³-hybridized carbons (Fsp3) is 0.778. The van der Waals surface area contributed by atoms with E-state index in [1.807, 2.05) is 0 Å². The molecule has 0 aromatic rings. The fourth-order valence-electron chi connectivity index (χ4n) is 1.32. The minimum atomic E-state index is -3.27. The highest BCUT2D eigenvalue weighted by Gasteiger charge is 2.35. The van der Waals surface area contributed by atoms with Gasteiger partial charge in [-0.05, 0) is 13.8 Å². The van der Waals surface area contributed by atoms with Crippen molar-refractivity contribution in [3.05, 3.63) is 0 Å². The molecule has 1 aliphatic heterocycles. The summed E-state index contributed by atoms with van der Waals surface area (Å²) in [4.78, 5) is 23.8. The molecule has 2 amide bonds. The van der Waals surface area contributed by atoms with Gasteiger partial charge in [-0.3, -0.25) is 9.59 Å². The highest BCUT2D eigenvalue weighted by Crippen LogP contribution is 2.17. The van der Waals surface area contributed by atoms with Crippen LogP contribution in [0.1, 0.15) is 13.8 Å². The summed E-state index contributed by atoms with van der Waals surface area (Å²) in [6.07, 6.45) is 1.13. The maximum Gasteiger partial charge on any atom is 0.242 e. The van der Waals surface area contributed by atoms with E-state index in [0.29, 0.717) is 0 Å². The number of sulfone groups is 1. The van der Waals surface area contributed by atoms with E-state index in [4.69, 9.17) is 0 Å². The van der Waals surface area contributed by atoms with Gasteiger partial charge >= 0.3 is 0 Å². The number of nitrogens with zero attached hydrogens (tertiary/aromatic N) is 1. The van der Waals surface area contributed by atoms with Gasteiger partial charge in [0.15, 0.2) is 9.84 Å². The first kappa shape index (κ1) is 13.0. The van der Waals surface area contributed by atoms with E-state index in [0.717, 1.165) is 6.26 Å². The first-order valence-electron chi connectivity index (χ1n) is 4.87. The van der Waals surface area contributed by atoms with E-state index >= 15 is 0 Å². The largest absolute Gasteiger partial charge is 0.345 e. The molecule has 0 spiro atoms. The van der Waals surface area contributed by atoms with Crippen molar-refractivity contribution in [2.45, 2.75) is 18.6 Å². The number of carbonyl (C=O) groups excluding carboxylic acids is 2. The number of hydrogen-bond donors (Lipinski definition) is 1. The van der Waals surface area contributed by atoms with Crippen molar-refractivity contribution in [1.82, 2.24) is 10.2 Å². The van der Waals surface area contributed by atoms with Crippen molar-refractivity contribution in [2.24, 2.45) is 0 Å². The zero-order valence-electron chi connectivity index (χ0n) is 9.61. The maximum atomic E-state index is 11.5. The molecule has 92 valence electrons. The van der Waals surface area contributed by atoms with Crippen molar-refractivity contribution >= 4 is 21.7 Å². The molecule has 1 aliphatic rings. The van der Waals surface area contributed by atoms with Crippen molar-refractivity contribution in [2.75, 3.05) is 25.9 Å². The van der Waals surface area contributed by atoms with Crippen molar-refractivity contribution in [1.29, 1.82) is 0 Å². The highest BCUT2D eigenvalue weighted by atomic mass is 32.2. The number of nitrogens with one attached hydrogen (secondary N) is 1. The molecule has 0 aromatic carbocycles. The SMILES string of the molecule is CC(C)(CN1CC(=O)NCC1=O)S(C)(=O)=O. The van der Waals surface area contributed by atoms with Gasteiger partial charge in [-0.2, -0.15) is 0 Å². The molecule has 1 rings (SSSR count). The van der Waals surface area contributed by atoms with Crippen LogP contribution in [0.2, 0.25) is 0 Å². The Hall–Kier alpha value is -1.11. The Bertz CT molecular complexity index is 413. The molecular weight excluding hydrogens is 232 g/mol. The zero-order valence-corrected chi connectivity index (χ0v) is 10.4. The minimum Gasteiger partial charge on any atom is -0.345 e. The lowest BCUT2D eigenvalue weighted by Crippen LogP contribution is -2.56. The van der Waals surface area contributed by atoms with Crippen LogP contribution in [0.5, 0.6) is 0 Å². The Morgan fingerprint density at radius 3 is 2.44 bits per heavy atom. The first-order valence-corrected chi connectivity index (χ1v) is 6.77. The topological polar surface area (TPSA) is 83.6 Å². The molecule has 0 radical (unpaired) electrons. The second kappa shape index (κ2) is 4.04. The van der Waals surface area contributed by atoms with Crippen LogP contribution >= 0.6 is 0 Å². The molecule has 0 unspecified atom stereocenters. The molecule has 16 heavy (non-hydrogen) atoms. The van der Waals surface area contributed by atoms with Crippen LogP contribution in [-0.4, -0.2) is 55.8 Å². The Balaban J connectivity index is 2.80. The lowest BCUT2D eigenvalue weighted by Gasteiger charge is -2.33. The second-order valence-corrected chi connectivity index (χ2v) is 7.21. The first-order chi connectivity index (χ1) is 7.13. The van der Waals surface area contributed by atoms with Crippen LogP contribution < -0.4 is 5.32 Å². The number of rotatable bonds is 3. The van der Waals surface area contributed by atoms with Gasteiger partial charge in [0.25, 0.3) is 0 Å². The number of hydrogen-bond acceptors (Lipinski definition) is 4. The van der Waals surface area contributed by atoms with Crippen molar-refractivity contribution in [3.63, 3.8) is 0 Å². The van der Waals surface area contributed by atoms with E-state index in [9.17, 15) is 18.0 Å². The van der Waals surface area contributed by atoms with Crippen LogP contribution in [-0.2, 0) is 19.4 Å². The quantitative estimate of drug-likeness (QED) is 0.677. The summed E-state index contributed by atoms with van der Waals surface area (Å²) in [5, 5.41) is 2.41. The summed E-state index contributed by atoms with van der Waals surface area (Å²) >= 11 is 0. The standard InChI is InChI=1S/C9H16N2O4S/c1-9(2,16(3,14)15)6-11-5-7(12)10-4-8(11)13/h4-6H2,1-3H3,(H,10,12). The number of amides is 2. The summed E-state index contributed by atoms with van der Waals surface area (Å²) in [6, 6.07) is 0. The summed E-state index contributed by atoms with van der Waals surface area (Å²) in [7, 11) is -3.27. The van der Waals surface area contributed by atoms with Gasteiger partial charge in [0, 0.05) is 12.8 Å². The molecule has 1 N–H and O–H groups in total. The van der Waals surface area contributed by atoms with Gasteiger partial charge in [-0.25, -0.2) is 8.42 Å². The highest BCUT2D eigenvalue weighted by molar-refractivity contribution is 7.92. The Morgan fingerprint density at radius 2 is 1.94 bits per heavy atom. The van der Waals surface area contributed by atoms with Crippen LogP contribution in [0.4, 0.5) is 0 Å². The van der Waals surface area contributed by atoms with Crippen LogP contribution in [0.3, 0.4) is 0 Å². The molecule has 0 aromatic heterocycles. The average molecular weight is 248 g/mol. The Morgan fingerprint density at radius 1 is 1.38 bits per heavy atom. The molecule has 0 aliphatic carbocycles. The van der Waals surface area contributed by atoms with Crippen molar-refractivity contribution < 1.29 is 18.0 Å². The number of piperazine rings is 1. The van der Waals surface area contributed by atoms with Gasteiger partial charge in [-0.15, -0.1) is 0 Å². The molecule has 7 heteroatoms. The normalized spacial score (nSPS) is 18.6. The van der Waals surface area contributed by atoms with Crippen LogP contribution in [0.15, 0.2) is 0 Å². The molecule has 1 heterocycles. The minimum absolute atomic E-state index is 0.0398. The Kier molecular flexibility index (Phi) is 3.27. The van der Waals surface area contributed by atoms with Crippen LogP contribution in [0, 0.1) is 0 Å². The van der Waals surface area contributed by atoms with Gasteiger partial charge < -0.3 is 10.2 Å². The van der Waals surface area contributed by atoms with E-state index < -0.39 is 14.6 Å². The lowest BCUT2D eigenvalue weighted by molar-refractivity contribution is -0.140. The van der Waals surface area contributed by atoms with Gasteiger partial charge in [0.2, 0.25) is 11.8 Å². The zero-order chi connectivity index (χ0) is 12.6. The molecule has 1 saturated heterocycles. The predicted octanol–water partition coefficient (Wildman–Crippen LogP) is -1.23. The third kappa shape index (κ3) is 2.72. The lowest BCUT2D eigenvalue weighted by atomic mass is 10.2. The molecule has 6 nitrogen and oxygen atoms in total. The molecule has 0 bridgehead atoms. The molecule has 1 fully saturated rings. The van der Waals surface area contributed by atoms with E-state index in [2.05, 4.69) is 5.32 Å². The smallest absolute Gasteiger partial charge is 0.242 e. The monoisotopic (exact) mass is 248 g/mol. The van der Waals surface area contributed by atoms with Gasteiger partial charge in [0.1, 0.15) is 0 Å². The summed E-state index contributed by atoms with van der Waals surface area (Å²) in [5.41, 5.74) is 0. The number of carbonyl (C=O) groups is 2. The van der Waals surface area contributed by atoms with Gasteiger partial charge in [0.05, 0.1) is 17.8 Å². The summed E-state index contributed by atoms with van der Waals surface area (Å²) in [6.45, 7) is 3.00. The second-order valence-electron chi connectivity index (χ2n) is 4.56.